The fourth-order valence-electron chi connectivity index (χ4n) is 2.14. The van der Waals surface area contributed by atoms with Crippen molar-refractivity contribution < 1.29 is 14.3 Å². The van der Waals surface area contributed by atoms with Gasteiger partial charge in [0, 0.05) is 17.2 Å². The Hall–Kier alpha value is -1.30. The van der Waals surface area contributed by atoms with Crippen molar-refractivity contribution >= 4 is 27.8 Å². The summed E-state index contributed by atoms with van der Waals surface area (Å²) in [5, 5.41) is 0. The number of carbonyl (C=O) groups is 2. The SMILES string of the molecule is CCOC(=O)C1CCCN1C(=O)c1cc(Br)c[nH]1. The highest BCUT2D eigenvalue weighted by atomic mass is 79.9. The molecule has 0 saturated carbocycles. The van der Waals surface area contributed by atoms with Crippen molar-refractivity contribution in [2.45, 2.75) is 25.8 Å². The molecule has 18 heavy (non-hydrogen) atoms. The third-order valence-electron chi connectivity index (χ3n) is 2.95. The minimum absolute atomic E-state index is 0.156. The number of halogens is 1. The maximum atomic E-state index is 12.2. The fourth-order valence-corrected chi connectivity index (χ4v) is 2.48. The van der Waals surface area contributed by atoms with Crippen LogP contribution >= 0.6 is 15.9 Å². The number of H-pyrrole nitrogens is 1. The molecule has 0 aromatic carbocycles. The number of rotatable bonds is 3. The molecule has 0 aliphatic carbocycles. The van der Waals surface area contributed by atoms with E-state index in [1.54, 1.807) is 24.1 Å². The lowest BCUT2D eigenvalue weighted by molar-refractivity contribution is -0.147. The van der Waals surface area contributed by atoms with E-state index in [2.05, 4.69) is 20.9 Å². The standard InChI is InChI=1S/C12H15BrN2O3/c1-2-18-12(17)10-4-3-5-15(10)11(16)9-6-8(13)7-14-9/h6-7,10,14H,2-5H2,1H3. The summed E-state index contributed by atoms with van der Waals surface area (Å²) >= 11 is 3.28. The van der Waals surface area contributed by atoms with Crippen LogP contribution in [0, 0.1) is 0 Å². The molecule has 1 unspecified atom stereocenters. The number of aromatic amines is 1. The van der Waals surface area contributed by atoms with Crippen LogP contribution in [0.1, 0.15) is 30.3 Å². The van der Waals surface area contributed by atoms with Crippen molar-refractivity contribution in [2.24, 2.45) is 0 Å². The van der Waals surface area contributed by atoms with E-state index in [-0.39, 0.29) is 11.9 Å². The van der Waals surface area contributed by atoms with E-state index < -0.39 is 6.04 Å². The van der Waals surface area contributed by atoms with Crippen molar-refractivity contribution in [3.05, 3.63) is 22.4 Å². The minimum atomic E-state index is -0.445. The van der Waals surface area contributed by atoms with Crippen molar-refractivity contribution in [1.82, 2.24) is 9.88 Å². The summed E-state index contributed by atoms with van der Waals surface area (Å²) < 4.78 is 5.81. The number of likely N-dealkylation sites (tertiary alicyclic amines) is 1. The van der Waals surface area contributed by atoms with Crippen LogP contribution in [0.2, 0.25) is 0 Å². The molecule has 6 heteroatoms. The molecule has 5 nitrogen and oxygen atoms in total. The van der Waals surface area contributed by atoms with Crippen molar-refractivity contribution in [1.29, 1.82) is 0 Å². The van der Waals surface area contributed by atoms with Crippen molar-refractivity contribution in [3.8, 4) is 0 Å². The van der Waals surface area contributed by atoms with E-state index in [0.29, 0.717) is 25.3 Å². The normalized spacial score (nSPS) is 19.0. The first kappa shape index (κ1) is 13.1. The van der Waals surface area contributed by atoms with Gasteiger partial charge in [0.1, 0.15) is 11.7 Å². The van der Waals surface area contributed by atoms with Crippen LogP contribution in [-0.4, -0.2) is 41.0 Å². The van der Waals surface area contributed by atoms with Gasteiger partial charge in [-0.15, -0.1) is 0 Å². The Bertz CT molecular complexity index is 458. The summed E-state index contributed by atoms with van der Waals surface area (Å²) in [5.74, 6) is -0.467. The van der Waals surface area contributed by atoms with E-state index in [4.69, 9.17) is 4.74 Å². The highest BCUT2D eigenvalue weighted by molar-refractivity contribution is 9.10. The average Bonchev–Trinajstić information content (AvgIpc) is 2.96. The summed E-state index contributed by atoms with van der Waals surface area (Å²) in [5.41, 5.74) is 0.484. The summed E-state index contributed by atoms with van der Waals surface area (Å²) in [6, 6.07) is 1.27. The highest BCUT2D eigenvalue weighted by Crippen LogP contribution is 2.22. The molecule has 1 amide bonds. The van der Waals surface area contributed by atoms with Gasteiger partial charge in [0.05, 0.1) is 6.61 Å². The maximum absolute atomic E-state index is 12.2. The van der Waals surface area contributed by atoms with Crippen LogP contribution in [0.15, 0.2) is 16.7 Å². The van der Waals surface area contributed by atoms with E-state index in [9.17, 15) is 9.59 Å². The topological polar surface area (TPSA) is 62.4 Å². The number of nitrogens with one attached hydrogen (secondary N) is 1. The van der Waals surface area contributed by atoms with Crippen LogP contribution in [-0.2, 0) is 9.53 Å². The van der Waals surface area contributed by atoms with E-state index in [1.165, 1.54) is 0 Å². The number of hydrogen-bond donors (Lipinski definition) is 1. The second kappa shape index (κ2) is 5.56. The Balaban J connectivity index is 2.11. The van der Waals surface area contributed by atoms with Gasteiger partial charge >= 0.3 is 5.97 Å². The van der Waals surface area contributed by atoms with Crippen LogP contribution in [0.25, 0.3) is 0 Å². The number of esters is 1. The molecule has 2 heterocycles. The molecule has 1 aliphatic heterocycles. The molecule has 1 aliphatic rings. The largest absolute Gasteiger partial charge is 0.464 e. The fraction of sp³-hybridized carbons (Fsp3) is 0.500. The van der Waals surface area contributed by atoms with E-state index in [0.717, 1.165) is 10.9 Å². The van der Waals surface area contributed by atoms with E-state index >= 15 is 0 Å². The number of amides is 1. The maximum Gasteiger partial charge on any atom is 0.328 e. The smallest absolute Gasteiger partial charge is 0.328 e. The molecule has 0 bridgehead atoms. The monoisotopic (exact) mass is 314 g/mol. The molecule has 1 N–H and O–H groups in total. The second-order valence-corrected chi connectivity index (χ2v) is 5.06. The van der Waals surface area contributed by atoms with Gasteiger partial charge in [-0.2, -0.15) is 0 Å². The average molecular weight is 315 g/mol. The first-order valence-electron chi connectivity index (χ1n) is 5.95. The summed E-state index contributed by atoms with van der Waals surface area (Å²) in [6.07, 6.45) is 3.20. The lowest BCUT2D eigenvalue weighted by atomic mass is 10.2. The van der Waals surface area contributed by atoms with Gasteiger partial charge in [-0.3, -0.25) is 4.79 Å². The number of aromatic nitrogens is 1. The quantitative estimate of drug-likeness (QED) is 0.867. The zero-order valence-corrected chi connectivity index (χ0v) is 11.7. The Labute approximate surface area is 114 Å². The van der Waals surface area contributed by atoms with Crippen LogP contribution in [0.3, 0.4) is 0 Å². The Morgan fingerprint density at radius 3 is 3.00 bits per heavy atom. The van der Waals surface area contributed by atoms with Crippen LogP contribution in [0.5, 0.6) is 0 Å². The zero-order valence-electron chi connectivity index (χ0n) is 10.1. The Morgan fingerprint density at radius 2 is 2.39 bits per heavy atom. The first-order valence-corrected chi connectivity index (χ1v) is 6.74. The van der Waals surface area contributed by atoms with Gasteiger partial charge in [-0.05, 0) is 41.8 Å². The summed E-state index contributed by atoms with van der Waals surface area (Å²) in [6.45, 7) is 2.70. The molecular formula is C12H15BrN2O3. The second-order valence-electron chi connectivity index (χ2n) is 4.14. The van der Waals surface area contributed by atoms with Crippen LogP contribution < -0.4 is 0 Å². The lowest BCUT2D eigenvalue weighted by Gasteiger charge is -2.22. The van der Waals surface area contributed by atoms with Gasteiger partial charge in [-0.1, -0.05) is 0 Å². The minimum Gasteiger partial charge on any atom is -0.464 e. The molecule has 2 rings (SSSR count). The summed E-state index contributed by atoms with van der Waals surface area (Å²) in [4.78, 5) is 28.5. The van der Waals surface area contributed by atoms with E-state index in [1.807, 2.05) is 0 Å². The Morgan fingerprint density at radius 1 is 1.61 bits per heavy atom. The predicted octanol–water partition coefficient (Wildman–Crippen LogP) is 1.94. The first-order chi connectivity index (χ1) is 8.63. The molecule has 1 saturated heterocycles. The molecular weight excluding hydrogens is 300 g/mol. The van der Waals surface area contributed by atoms with Gasteiger partial charge in [-0.25, -0.2) is 4.79 Å². The Kier molecular flexibility index (Phi) is 4.06. The molecule has 1 aromatic heterocycles. The zero-order chi connectivity index (χ0) is 13.1. The van der Waals surface area contributed by atoms with Gasteiger partial charge in [0.15, 0.2) is 0 Å². The number of ether oxygens (including phenoxy) is 1. The highest BCUT2D eigenvalue weighted by Gasteiger charge is 2.35. The van der Waals surface area contributed by atoms with Gasteiger partial charge in [0.2, 0.25) is 0 Å². The molecule has 1 atom stereocenters. The lowest BCUT2D eigenvalue weighted by Crippen LogP contribution is -2.41. The molecule has 1 fully saturated rings. The van der Waals surface area contributed by atoms with Gasteiger partial charge in [0.25, 0.3) is 5.91 Å². The van der Waals surface area contributed by atoms with Crippen LogP contribution in [0.4, 0.5) is 0 Å². The molecule has 0 radical (unpaired) electrons. The number of hydrogen-bond acceptors (Lipinski definition) is 3. The third-order valence-corrected chi connectivity index (χ3v) is 3.41. The molecule has 0 spiro atoms. The van der Waals surface area contributed by atoms with Crippen molar-refractivity contribution in [3.63, 3.8) is 0 Å². The predicted molar refractivity (Wildman–Crippen MR) is 69.2 cm³/mol. The van der Waals surface area contributed by atoms with Crippen molar-refractivity contribution in [2.75, 3.05) is 13.2 Å². The molecule has 1 aromatic rings. The molecule has 98 valence electrons. The third kappa shape index (κ3) is 2.58. The number of nitrogens with zero attached hydrogens (tertiary/aromatic N) is 1. The van der Waals surface area contributed by atoms with Gasteiger partial charge < -0.3 is 14.6 Å². The number of carbonyl (C=O) groups excluding carboxylic acids is 2. The summed E-state index contributed by atoms with van der Waals surface area (Å²) in [7, 11) is 0.